The molecule has 0 radical (unpaired) electrons. The molecule has 0 aliphatic heterocycles. The third-order valence-corrected chi connectivity index (χ3v) is 4.93. The third kappa shape index (κ3) is 3.84. The highest BCUT2D eigenvalue weighted by atomic mass is 32.2. The maximum absolute atomic E-state index is 12.9. The van der Waals surface area contributed by atoms with Gasteiger partial charge in [-0.2, -0.15) is 4.68 Å². The third-order valence-electron chi connectivity index (χ3n) is 3.95. The molecular weight excluding hydrogens is 379 g/mol. The van der Waals surface area contributed by atoms with Crippen molar-refractivity contribution in [1.29, 1.82) is 0 Å². The van der Waals surface area contributed by atoms with Crippen molar-refractivity contribution in [2.24, 2.45) is 0 Å². The van der Waals surface area contributed by atoms with Gasteiger partial charge in [-0.15, -0.1) is 5.10 Å². The minimum absolute atomic E-state index is 0.126. The molecule has 28 heavy (non-hydrogen) atoms. The van der Waals surface area contributed by atoms with Gasteiger partial charge in [0.1, 0.15) is 17.2 Å². The van der Waals surface area contributed by atoms with Crippen molar-refractivity contribution in [3.63, 3.8) is 0 Å². The van der Waals surface area contributed by atoms with Crippen LogP contribution in [0.3, 0.4) is 0 Å². The van der Waals surface area contributed by atoms with Gasteiger partial charge < -0.3 is 5.32 Å². The predicted molar refractivity (Wildman–Crippen MR) is 105 cm³/mol. The molecule has 1 N–H and O–H groups in total. The number of nitrogens with one attached hydrogen (secondary N) is 1. The first-order valence-corrected chi connectivity index (χ1v) is 9.40. The van der Waals surface area contributed by atoms with Crippen LogP contribution >= 0.6 is 11.8 Å². The van der Waals surface area contributed by atoms with Crippen molar-refractivity contribution in [2.45, 2.75) is 11.9 Å². The summed E-state index contributed by atoms with van der Waals surface area (Å²) in [6, 6.07) is 13.4. The maximum atomic E-state index is 12.9. The Balaban J connectivity index is 1.50. The number of rotatable bonds is 5. The van der Waals surface area contributed by atoms with E-state index in [0.717, 1.165) is 11.3 Å². The summed E-state index contributed by atoms with van der Waals surface area (Å²) in [5.41, 5.74) is 3.62. The van der Waals surface area contributed by atoms with Crippen molar-refractivity contribution < 1.29 is 9.18 Å². The van der Waals surface area contributed by atoms with E-state index in [4.69, 9.17) is 0 Å². The van der Waals surface area contributed by atoms with Crippen molar-refractivity contribution >= 4 is 34.5 Å². The zero-order valence-corrected chi connectivity index (χ0v) is 15.7. The van der Waals surface area contributed by atoms with Gasteiger partial charge in [0, 0.05) is 5.69 Å². The van der Waals surface area contributed by atoms with E-state index in [0.29, 0.717) is 21.9 Å². The van der Waals surface area contributed by atoms with Crippen molar-refractivity contribution in [3.05, 3.63) is 66.2 Å². The number of fused-ring (bicyclic) bond motifs is 1. The molecule has 1 amide bonds. The zero-order valence-electron chi connectivity index (χ0n) is 14.8. The van der Waals surface area contributed by atoms with Crippen LogP contribution in [0.25, 0.3) is 16.9 Å². The van der Waals surface area contributed by atoms with Crippen LogP contribution in [0.2, 0.25) is 0 Å². The summed E-state index contributed by atoms with van der Waals surface area (Å²) >= 11 is 1.24. The summed E-state index contributed by atoms with van der Waals surface area (Å²) in [4.78, 5) is 20.7. The largest absolute Gasteiger partial charge is 0.325 e. The van der Waals surface area contributed by atoms with E-state index >= 15 is 0 Å². The molecule has 0 atom stereocenters. The number of aryl methyl sites for hydroxylation is 1. The Morgan fingerprint density at radius 3 is 2.61 bits per heavy atom. The second-order valence-electron chi connectivity index (χ2n) is 6.03. The number of nitrogens with zero attached hydrogens (tertiary/aromatic N) is 5. The summed E-state index contributed by atoms with van der Waals surface area (Å²) in [5.74, 6) is -0.456. The number of carbonyl (C=O) groups is 1. The first-order chi connectivity index (χ1) is 13.6. The molecule has 2 heterocycles. The van der Waals surface area contributed by atoms with Gasteiger partial charge in [-0.1, -0.05) is 34.7 Å². The lowest BCUT2D eigenvalue weighted by molar-refractivity contribution is -0.113. The molecule has 0 aliphatic rings. The number of halogens is 1. The van der Waals surface area contributed by atoms with Gasteiger partial charge in [-0.25, -0.2) is 14.4 Å². The van der Waals surface area contributed by atoms with E-state index in [1.807, 2.05) is 31.2 Å². The molecule has 0 bridgehead atoms. The highest BCUT2D eigenvalue weighted by Gasteiger charge is 2.14. The first-order valence-electron chi connectivity index (χ1n) is 8.42. The van der Waals surface area contributed by atoms with Crippen LogP contribution in [-0.2, 0) is 4.79 Å². The summed E-state index contributed by atoms with van der Waals surface area (Å²) < 4.78 is 14.6. The number of carbonyl (C=O) groups excluding carboxylic acids is 1. The minimum atomic E-state index is -0.354. The molecule has 0 spiro atoms. The van der Waals surface area contributed by atoms with Crippen LogP contribution in [0, 0.1) is 12.7 Å². The molecule has 140 valence electrons. The molecule has 7 nitrogen and oxygen atoms in total. The van der Waals surface area contributed by atoms with Gasteiger partial charge in [0.15, 0.2) is 11.2 Å². The van der Waals surface area contributed by atoms with Crippen LogP contribution in [0.4, 0.5) is 10.1 Å². The van der Waals surface area contributed by atoms with E-state index in [-0.39, 0.29) is 17.5 Å². The number of hydrogen-bond acceptors (Lipinski definition) is 6. The van der Waals surface area contributed by atoms with E-state index in [1.54, 1.807) is 4.68 Å². The standard InChI is InChI=1S/C19H15FN6OS/c1-12-2-8-15(9-3-12)26-18-17(24-25-26)19(22-11-21-18)28-10-16(27)23-14-6-4-13(20)5-7-14/h2-9,11H,10H2,1H3,(H,23,27). The van der Waals surface area contributed by atoms with Crippen molar-refractivity contribution in [1.82, 2.24) is 25.0 Å². The molecule has 0 fully saturated rings. The van der Waals surface area contributed by atoms with Gasteiger partial charge in [0.25, 0.3) is 0 Å². The number of benzene rings is 2. The Kier molecular flexibility index (Phi) is 4.98. The average molecular weight is 394 g/mol. The van der Waals surface area contributed by atoms with Crippen LogP contribution < -0.4 is 5.32 Å². The Bertz CT molecular complexity index is 1130. The van der Waals surface area contributed by atoms with Crippen LogP contribution in [0.15, 0.2) is 59.9 Å². The number of hydrogen-bond donors (Lipinski definition) is 1. The summed E-state index contributed by atoms with van der Waals surface area (Å²) in [7, 11) is 0. The average Bonchev–Trinajstić information content (AvgIpc) is 3.13. The highest BCUT2D eigenvalue weighted by Crippen LogP contribution is 2.24. The van der Waals surface area contributed by atoms with Gasteiger partial charge in [-0.05, 0) is 43.3 Å². The molecule has 9 heteroatoms. The van der Waals surface area contributed by atoms with Crippen molar-refractivity contribution in [2.75, 3.05) is 11.1 Å². The number of amides is 1. The Morgan fingerprint density at radius 2 is 1.86 bits per heavy atom. The van der Waals surface area contributed by atoms with Gasteiger partial charge >= 0.3 is 0 Å². The second kappa shape index (κ2) is 7.73. The van der Waals surface area contributed by atoms with Crippen LogP contribution in [-0.4, -0.2) is 36.6 Å². The summed E-state index contributed by atoms with van der Waals surface area (Å²) in [6.45, 7) is 2.01. The molecule has 0 unspecified atom stereocenters. The topological polar surface area (TPSA) is 85.6 Å². The second-order valence-corrected chi connectivity index (χ2v) is 7.00. The van der Waals surface area contributed by atoms with Crippen LogP contribution in [0.5, 0.6) is 0 Å². The zero-order chi connectivity index (χ0) is 19.5. The van der Waals surface area contributed by atoms with Gasteiger partial charge in [0.05, 0.1) is 11.4 Å². The number of aromatic nitrogens is 5. The lowest BCUT2D eigenvalue weighted by atomic mass is 10.2. The highest BCUT2D eigenvalue weighted by molar-refractivity contribution is 8.00. The SMILES string of the molecule is Cc1ccc(-n2nnc3c(SCC(=O)Nc4ccc(F)cc4)ncnc32)cc1. The molecular formula is C19H15FN6OS. The molecule has 0 saturated carbocycles. The lowest BCUT2D eigenvalue weighted by Crippen LogP contribution is -2.14. The van der Waals surface area contributed by atoms with Crippen LogP contribution in [0.1, 0.15) is 5.56 Å². The normalized spacial score (nSPS) is 10.9. The predicted octanol–water partition coefficient (Wildman–Crippen LogP) is 3.39. The number of thioether (sulfide) groups is 1. The smallest absolute Gasteiger partial charge is 0.234 e. The van der Waals surface area contributed by atoms with Crippen molar-refractivity contribution in [3.8, 4) is 5.69 Å². The number of anilines is 1. The fourth-order valence-corrected chi connectivity index (χ4v) is 3.29. The minimum Gasteiger partial charge on any atom is -0.325 e. The summed E-state index contributed by atoms with van der Waals surface area (Å²) in [6.07, 6.45) is 1.43. The fraction of sp³-hybridized carbons (Fsp3) is 0.105. The molecule has 4 aromatic rings. The molecule has 0 aliphatic carbocycles. The molecule has 4 rings (SSSR count). The Labute approximate surface area is 164 Å². The summed E-state index contributed by atoms with van der Waals surface area (Å²) in [5, 5.41) is 11.6. The van der Waals surface area contributed by atoms with E-state index < -0.39 is 0 Å². The maximum Gasteiger partial charge on any atom is 0.234 e. The lowest BCUT2D eigenvalue weighted by Gasteiger charge is -2.05. The van der Waals surface area contributed by atoms with E-state index in [1.165, 1.54) is 42.4 Å². The molecule has 2 aromatic carbocycles. The Hall–Kier alpha value is -3.33. The quantitative estimate of drug-likeness (QED) is 0.413. The van der Waals surface area contributed by atoms with Gasteiger partial charge in [0.2, 0.25) is 5.91 Å². The van der Waals surface area contributed by atoms with Gasteiger partial charge in [-0.3, -0.25) is 4.79 Å². The molecule has 2 aromatic heterocycles. The van der Waals surface area contributed by atoms with E-state index in [2.05, 4.69) is 25.6 Å². The fourth-order valence-electron chi connectivity index (χ4n) is 2.56. The first kappa shape index (κ1) is 18.1. The monoisotopic (exact) mass is 394 g/mol. The Morgan fingerprint density at radius 1 is 1.11 bits per heavy atom. The van der Waals surface area contributed by atoms with E-state index in [9.17, 15) is 9.18 Å². The molecule has 0 saturated heterocycles.